The van der Waals surface area contributed by atoms with Crippen LogP contribution in [-0.4, -0.2) is 67.7 Å². The molecule has 0 radical (unpaired) electrons. The third-order valence-electron chi connectivity index (χ3n) is 5.24. The molecule has 2 aliphatic rings. The molecule has 1 amide bonds. The molecule has 138 valence electrons. The van der Waals surface area contributed by atoms with E-state index in [1.54, 1.807) is 0 Å². The lowest BCUT2D eigenvalue weighted by molar-refractivity contribution is -0.145. The van der Waals surface area contributed by atoms with Crippen molar-refractivity contribution in [3.63, 3.8) is 0 Å². The fourth-order valence-electron chi connectivity index (χ4n) is 3.61. The average Bonchev–Trinajstić information content (AvgIpc) is 2.68. The monoisotopic (exact) mass is 346 g/mol. The van der Waals surface area contributed by atoms with Gasteiger partial charge in [-0.25, -0.2) is 0 Å². The topological polar surface area (TPSA) is 42.0 Å². The molecule has 1 aromatic rings. The number of carbonyl (C=O) groups is 1. The van der Waals surface area contributed by atoms with E-state index in [9.17, 15) is 4.79 Å². The van der Waals surface area contributed by atoms with Gasteiger partial charge >= 0.3 is 0 Å². The van der Waals surface area contributed by atoms with Crippen LogP contribution in [-0.2, 0) is 20.9 Å². The molecule has 1 atom stereocenters. The largest absolute Gasteiger partial charge is 0.379 e. The number of likely N-dealkylation sites (tertiary alicyclic amines) is 1. The number of rotatable bonds is 6. The number of piperidine rings is 1. The molecular formula is C20H30N2O3. The van der Waals surface area contributed by atoms with Crippen LogP contribution in [0.5, 0.6) is 0 Å². The molecule has 2 fully saturated rings. The number of nitrogens with zero attached hydrogens (tertiary/aromatic N) is 2. The Morgan fingerprint density at radius 1 is 1.16 bits per heavy atom. The first-order chi connectivity index (χ1) is 12.2. The van der Waals surface area contributed by atoms with Crippen molar-refractivity contribution in [2.75, 3.05) is 45.9 Å². The van der Waals surface area contributed by atoms with Gasteiger partial charge < -0.3 is 14.4 Å². The van der Waals surface area contributed by atoms with Crippen molar-refractivity contribution in [2.24, 2.45) is 5.92 Å². The van der Waals surface area contributed by atoms with E-state index in [0.29, 0.717) is 12.5 Å². The van der Waals surface area contributed by atoms with E-state index in [1.807, 2.05) is 42.2 Å². The minimum atomic E-state index is -0.379. The standard InChI is InChI=1S/C20H30N2O3/c1-17(25-16-19-5-3-2-4-6-19)20(23)22-9-7-18(8-10-22)15-21-11-13-24-14-12-21/h2-6,17-18H,7-16H2,1H3/t17-/m1/s1. The van der Waals surface area contributed by atoms with Crippen LogP contribution >= 0.6 is 0 Å². The maximum absolute atomic E-state index is 12.6. The van der Waals surface area contributed by atoms with Crippen LogP contribution in [0.1, 0.15) is 25.3 Å². The summed E-state index contributed by atoms with van der Waals surface area (Å²) in [4.78, 5) is 17.1. The van der Waals surface area contributed by atoms with Crippen molar-refractivity contribution < 1.29 is 14.3 Å². The number of morpholine rings is 1. The summed E-state index contributed by atoms with van der Waals surface area (Å²) >= 11 is 0. The smallest absolute Gasteiger partial charge is 0.251 e. The van der Waals surface area contributed by atoms with Crippen LogP contribution in [0.4, 0.5) is 0 Å². The van der Waals surface area contributed by atoms with Gasteiger partial charge in [0.25, 0.3) is 5.91 Å². The van der Waals surface area contributed by atoms with Crippen LogP contribution in [0.2, 0.25) is 0 Å². The Morgan fingerprint density at radius 2 is 1.84 bits per heavy atom. The summed E-state index contributed by atoms with van der Waals surface area (Å²) in [7, 11) is 0. The molecule has 5 heteroatoms. The number of hydrogen-bond donors (Lipinski definition) is 0. The summed E-state index contributed by atoms with van der Waals surface area (Å²) in [6.45, 7) is 9.01. The average molecular weight is 346 g/mol. The zero-order valence-electron chi connectivity index (χ0n) is 15.2. The van der Waals surface area contributed by atoms with Crippen molar-refractivity contribution in [1.29, 1.82) is 0 Å². The highest BCUT2D eigenvalue weighted by Gasteiger charge is 2.27. The summed E-state index contributed by atoms with van der Waals surface area (Å²) in [5, 5.41) is 0. The second-order valence-corrected chi connectivity index (χ2v) is 7.12. The zero-order valence-corrected chi connectivity index (χ0v) is 15.2. The third-order valence-corrected chi connectivity index (χ3v) is 5.24. The molecule has 0 aliphatic carbocycles. The van der Waals surface area contributed by atoms with Crippen LogP contribution in [0.25, 0.3) is 0 Å². The van der Waals surface area contributed by atoms with Gasteiger partial charge in [-0.05, 0) is 31.2 Å². The van der Waals surface area contributed by atoms with Crippen LogP contribution in [0.3, 0.4) is 0 Å². The van der Waals surface area contributed by atoms with Crippen molar-refractivity contribution in [1.82, 2.24) is 9.80 Å². The first-order valence-corrected chi connectivity index (χ1v) is 9.47. The van der Waals surface area contributed by atoms with Gasteiger partial charge in [0.05, 0.1) is 19.8 Å². The van der Waals surface area contributed by atoms with E-state index < -0.39 is 0 Å². The highest BCUT2D eigenvalue weighted by Crippen LogP contribution is 2.20. The molecule has 2 heterocycles. The number of benzene rings is 1. The van der Waals surface area contributed by atoms with E-state index in [-0.39, 0.29) is 12.0 Å². The summed E-state index contributed by atoms with van der Waals surface area (Å²) < 4.78 is 11.2. The van der Waals surface area contributed by atoms with Crippen molar-refractivity contribution in [2.45, 2.75) is 32.5 Å². The van der Waals surface area contributed by atoms with Crippen molar-refractivity contribution in [3.05, 3.63) is 35.9 Å². The Balaban J connectivity index is 1.38. The van der Waals surface area contributed by atoms with Crippen LogP contribution in [0, 0.1) is 5.92 Å². The Morgan fingerprint density at radius 3 is 2.52 bits per heavy atom. The lowest BCUT2D eigenvalue weighted by Crippen LogP contribution is -2.46. The summed E-state index contributed by atoms with van der Waals surface area (Å²) in [6, 6.07) is 10.0. The quantitative estimate of drug-likeness (QED) is 0.792. The molecule has 3 rings (SSSR count). The third kappa shape index (κ3) is 5.53. The fourth-order valence-corrected chi connectivity index (χ4v) is 3.61. The molecule has 0 N–H and O–H groups in total. The number of carbonyl (C=O) groups excluding carboxylic acids is 1. The summed E-state index contributed by atoms with van der Waals surface area (Å²) in [5.41, 5.74) is 1.10. The number of ether oxygens (including phenoxy) is 2. The van der Waals surface area contributed by atoms with Gasteiger partial charge in [0.15, 0.2) is 0 Å². The molecule has 0 bridgehead atoms. The molecule has 0 aromatic heterocycles. The Kier molecular flexibility index (Phi) is 6.84. The maximum atomic E-state index is 12.6. The maximum Gasteiger partial charge on any atom is 0.251 e. The molecule has 25 heavy (non-hydrogen) atoms. The normalized spacial score (nSPS) is 21.2. The summed E-state index contributed by atoms with van der Waals surface area (Å²) in [6.07, 6.45) is 1.80. The molecule has 5 nitrogen and oxygen atoms in total. The minimum Gasteiger partial charge on any atom is -0.379 e. The summed E-state index contributed by atoms with van der Waals surface area (Å²) in [5.74, 6) is 0.823. The predicted molar refractivity (Wildman–Crippen MR) is 97.3 cm³/mol. The highest BCUT2D eigenvalue weighted by molar-refractivity contribution is 5.80. The SMILES string of the molecule is C[C@@H](OCc1ccccc1)C(=O)N1CCC(CN2CCOCC2)CC1. The minimum absolute atomic E-state index is 0.126. The van der Waals surface area contributed by atoms with E-state index >= 15 is 0 Å². The molecular weight excluding hydrogens is 316 g/mol. The first kappa shape index (κ1) is 18.4. The number of amides is 1. The van der Waals surface area contributed by atoms with E-state index in [0.717, 1.165) is 64.3 Å². The van der Waals surface area contributed by atoms with Gasteiger partial charge in [0, 0.05) is 32.7 Å². The second-order valence-electron chi connectivity index (χ2n) is 7.12. The van der Waals surface area contributed by atoms with Gasteiger partial charge in [0.1, 0.15) is 6.10 Å². The van der Waals surface area contributed by atoms with Gasteiger partial charge in [-0.2, -0.15) is 0 Å². The van der Waals surface area contributed by atoms with Gasteiger partial charge in [-0.3, -0.25) is 9.69 Å². The van der Waals surface area contributed by atoms with Gasteiger partial charge in [-0.1, -0.05) is 30.3 Å². The molecule has 2 aliphatic heterocycles. The Bertz CT molecular complexity index is 523. The molecule has 0 saturated carbocycles. The highest BCUT2D eigenvalue weighted by atomic mass is 16.5. The van der Waals surface area contributed by atoms with Crippen molar-refractivity contribution >= 4 is 5.91 Å². The predicted octanol–water partition coefficient (Wildman–Crippen LogP) is 2.16. The molecule has 2 saturated heterocycles. The van der Waals surface area contributed by atoms with Crippen molar-refractivity contribution in [3.8, 4) is 0 Å². The molecule has 1 aromatic carbocycles. The molecule has 0 spiro atoms. The van der Waals surface area contributed by atoms with E-state index in [4.69, 9.17) is 9.47 Å². The zero-order chi connectivity index (χ0) is 17.5. The Hall–Kier alpha value is -1.43. The van der Waals surface area contributed by atoms with Crippen LogP contribution in [0.15, 0.2) is 30.3 Å². The second kappa shape index (κ2) is 9.32. The Labute approximate surface area is 150 Å². The van der Waals surface area contributed by atoms with Crippen LogP contribution < -0.4 is 0 Å². The first-order valence-electron chi connectivity index (χ1n) is 9.47. The van der Waals surface area contributed by atoms with Gasteiger partial charge in [0.2, 0.25) is 0 Å². The fraction of sp³-hybridized carbons (Fsp3) is 0.650. The van der Waals surface area contributed by atoms with E-state index in [2.05, 4.69) is 4.90 Å². The lowest BCUT2D eigenvalue weighted by Gasteiger charge is -2.36. The van der Waals surface area contributed by atoms with E-state index in [1.165, 1.54) is 0 Å². The molecule has 0 unspecified atom stereocenters. The number of hydrogen-bond acceptors (Lipinski definition) is 4. The van der Waals surface area contributed by atoms with Gasteiger partial charge in [-0.15, -0.1) is 0 Å². The lowest BCUT2D eigenvalue weighted by atomic mass is 9.95.